The molecular weight excluding hydrogens is 434 g/mol. The fourth-order valence-corrected chi connectivity index (χ4v) is 4.66. The molecule has 0 unspecified atom stereocenters. The Labute approximate surface area is 207 Å². The number of nitrogens with one attached hydrogen (secondary N) is 1. The van der Waals surface area contributed by atoms with Gasteiger partial charge in [0.05, 0.1) is 19.6 Å². The number of carbonyl (C=O) groups is 1. The van der Waals surface area contributed by atoms with Crippen LogP contribution in [0.3, 0.4) is 0 Å². The molecule has 35 heavy (non-hydrogen) atoms. The number of hydrogen-bond acceptors (Lipinski definition) is 3. The molecule has 0 heterocycles. The predicted octanol–water partition coefficient (Wildman–Crippen LogP) is 5.79. The van der Waals surface area contributed by atoms with Crippen molar-refractivity contribution in [3.8, 4) is 11.5 Å². The van der Waals surface area contributed by atoms with E-state index in [0.717, 1.165) is 22.3 Å². The summed E-state index contributed by atoms with van der Waals surface area (Å²) in [7, 11) is 3.25. The van der Waals surface area contributed by atoms with E-state index in [1.54, 1.807) is 14.2 Å². The van der Waals surface area contributed by atoms with Crippen LogP contribution in [0.15, 0.2) is 109 Å². The van der Waals surface area contributed by atoms with Crippen LogP contribution in [-0.2, 0) is 16.6 Å². The highest BCUT2D eigenvalue weighted by molar-refractivity contribution is 5.80. The van der Waals surface area contributed by atoms with Crippen LogP contribution >= 0.6 is 0 Å². The molecule has 4 aromatic carbocycles. The first-order chi connectivity index (χ1) is 17.2. The van der Waals surface area contributed by atoms with Gasteiger partial charge in [-0.25, -0.2) is 0 Å². The molecule has 1 amide bonds. The van der Waals surface area contributed by atoms with E-state index in [2.05, 4.69) is 41.7 Å². The van der Waals surface area contributed by atoms with Crippen LogP contribution < -0.4 is 14.8 Å². The minimum absolute atomic E-state index is 0.00189. The molecular formula is C31H31NO3. The highest BCUT2D eigenvalue weighted by atomic mass is 16.5. The molecule has 1 N–H and O–H groups in total. The lowest BCUT2D eigenvalue weighted by Gasteiger charge is -2.35. The van der Waals surface area contributed by atoms with Crippen molar-refractivity contribution in [3.05, 3.63) is 131 Å². The Morgan fingerprint density at radius 3 is 1.63 bits per heavy atom. The maximum atomic E-state index is 13.4. The van der Waals surface area contributed by atoms with Crippen molar-refractivity contribution in [1.29, 1.82) is 0 Å². The number of benzene rings is 4. The van der Waals surface area contributed by atoms with Gasteiger partial charge >= 0.3 is 0 Å². The second-order valence-electron chi connectivity index (χ2n) is 8.47. The van der Waals surface area contributed by atoms with Gasteiger partial charge in [0, 0.05) is 13.0 Å². The summed E-state index contributed by atoms with van der Waals surface area (Å²) in [6.07, 6.45) is 0.998. The Balaban J connectivity index is 1.60. The van der Waals surface area contributed by atoms with Crippen LogP contribution in [0.4, 0.5) is 0 Å². The van der Waals surface area contributed by atoms with E-state index >= 15 is 0 Å². The quantitative estimate of drug-likeness (QED) is 0.302. The van der Waals surface area contributed by atoms with Crippen LogP contribution in [0.25, 0.3) is 0 Å². The topological polar surface area (TPSA) is 47.6 Å². The Bertz CT molecular complexity index is 1130. The summed E-state index contributed by atoms with van der Waals surface area (Å²) in [6.45, 7) is 0.531. The molecule has 4 aromatic rings. The summed E-state index contributed by atoms with van der Waals surface area (Å²) in [5.74, 6) is 1.38. The molecule has 178 valence electrons. The van der Waals surface area contributed by atoms with Gasteiger partial charge < -0.3 is 14.8 Å². The monoisotopic (exact) mass is 465 g/mol. The second kappa shape index (κ2) is 11.4. The largest absolute Gasteiger partial charge is 0.493 e. The molecule has 0 aliphatic rings. The molecule has 0 radical (unpaired) electrons. The zero-order chi connectivity index (χ0) is 24.5. The summed E-state index contributed by atoms with van der Waals surface area (Å²) < 4.78 is 10.7. The summed E-state index contributed by atoms with van der Waals surface area (Å²) >= 11 is 0. The standard InChI is InChI=1S/C31H31NO3/c1-34-28-19-18-24(22-29(28)35-2)20-21-32-30(33)23-31(25-12-6-3-7-13-25,26-14-8-4-9-15-26)27-16-10-5-11-17-27/h3-19,22H,20-21,23H2,1-2H3,(H,32,33). The number of amides is 1. The summed E-state index contributed by atoms with van der Waals surface area (Å²) in [4.78, 5) is 13.4. The summed E-state index contributed by atoms with van der Waals surface area (Å²) in [6, 6.07) is 36.7. The lowest BCUT2D eigenvalue weighted by atomic mass is 9.67. The minimum atomic E-state index is -0.600. The first-order valence-electron chi connectivity index (χ1n) is 11.8. The zero-order valence-electron chi connectivity index (χ0n) is 20.2. The number of rotatable bonds is 10. The van der Waals surface area contributed by atoms with E-state index in [1.165, 1.54) is 0 Å². The lowest BCUT2D eigenvalue weighted by Crippen LogP contribution is -2.37. The van der Waals surface area contributed by atoms with Crippen molar-refractivity contribution in [1.82, 2.24) is 5.32 Å². The predicted molar refractivity (Wildman–Crippen MR) is 140 cm³/mol. The van der Waals surface area contributed by atoms with E-state index in [4.69, 9.17) is 9.47 Å². The highest BCUT2D eigenvalue weighted by Crippen LogP contribution is 2.42. The number of ether oxygens (including phenoxy) is 2. The molecule has 4 rings (SSSR count). The van der Waals surface area contributed by atoms with Crippen molar-refractivity contribution in [2.24, 2.45) is 0 Å². The van der Waals surface area contributed by atoms with Gasteiger partial charge in [0.15, 0.2) is 11.5 Å². The normalized spacial score (nSPS) is 11.0. The first-order valence-corrected chi connectivity index (χ1v) is 11.8. The summed E-state index contributed by atoms with van der Waals surface area (Å²) in [5.41, 5.74) is 3.74. The Morgan fingerprint density at radius 1 is 0.686 bits per heavy atom. The molecule has 4 heteroatoms. The zero-order valence-corrected chi connectivity index (χ0v) is 20.2. The van der Waals surface area contributed by atoms with Crippen LogP contribution in [-0.4, -0.2) is 26.7 Å². The van der Waals surface area contributed by atoms with E-state index in [-0.39, 0.29) is 5.91 Å². The Hall–Kier alpha value is -4.05. The maximum absolute atomic E-state index is 13.4. The number of carbonyl (C=O) groups excluding carboxylic acids is 1. The number of methoxy groups -OCH3 is 2. The van der Waals surface area contributed by atoms with E-state index in [9.17, 15) is 4.79 Å². The van der Waals surface area contributed by atoms with Crippen molar-refractivity contribution < 1.29 is 14.3 Å². The first kappa shape index (κ1) is 24.1. The molecule has 0 atom stereocenters. The smallest absolute Gasteiger partial charge is 0.221 e. The third kappa shape index (κ3) is 5.38. The highest BCUT2D eigenvalue weighted by Gasteiger charge is 2.38. The van der Waals surface area contributed by atoms with Gasteiger partial charge in [-0.2, -0.15) is 0 Å². The molecule has 0 bridgehead atoms. The van der Waals surface area contributed by atoms with Gasteiger partial charge in [0.1, 0.15) is 0 Å². The summed E-state index contributed by atoms with van der Waals surface area (Å²) in [5, 5.41) is 3.15. The van der Waals surface area contributed by atoms with Crippen LogP contribution in [0, 0.1) is 0 Å². The fourth-order valence-electron chi connectivity index (χ4n) is 4.66. The molecule has 0 spiro atoms. The van der Waals surface area contributed by atoms with Crippen LogP contribution in [0.5, 0.6) is 11.5 Å². The van der Waals surface area contributed by atoms with Crippen molar-refractivity contribution in [2.45, 2.75) is 18.3 Å². The third-order valence-electron chi connectivity index (χ3n) is 6.41. The molecule has 0 saturated carbocycles. The van der Waals surface area contributed by atoms with Gasteiger partial charge in [0.25, 0.3) is 0 Å². The van der Waals surface area contributed by atoms with Crippen molar-refractivity contribution >= 4 is 5.91 Å². The Kier molecular flexibility index (Phi) is 7.84. The number of hydrogen-bond donors (Lipinski definition) is 1. The molecule has 0 aromatic heterocycles. The van der Waals surface area contributed by atoms with E-state index in [0.29, 0.717) is 30.9 Å². The van der Waals surface area contributed by atoms with Crippen LogP contribution in [0.1, 0.15) is 28.7 Å². The molecule has 0 aliphatic heterocycles. The average molecular weight is 466 g/mol. The fraction of sp³-hybridized carbons (Fsp3) is 0.194. The third-order valence-corrected chi connectivity index (χ3v) is 6.41. The van der Waals surface area contributed by atoms with Gasteiger partial charge in [-0.1, -0.05) is 97.1 Å². The average Bonchev–Trinajstić information content (AvgIpc) is 2.93. The maximum Gasteiger partial charge on any atom is 0.221 e. The molecule has 4 nitrogen and oxygen atoms in total. The van der Waals surface area contributed by atoms with Crippen molar-refractivity contribution in [2.75, 3.05) is 20.8 Å². The van der Waals surface area contributed by atoms with E-state index < -0.39 is 5.41 Å². The van der Waals surface area contributed by atoms with Gasteiger partial charge in [-0.05, 0) is 40.8 Å². The van der Waals surface area contributed by atoms with Gasteiger partial charge in [-0.3, -0.25) is 4.79 Å². The van der Waals surface area contributed by atoms with Gasteiger partial charge in [0.2, 0.25) is 5.91 Å². The minimum Gasteiger partial charge on any atom is -0.493 e. The van der Waals surface area contributed by atoms with E-state index in [1.807, 2.05) is 72.8 Å². The lowest BCUT2D eigenvalue weighted by molar-refractivity contribution is -0.121. The molecule has 0 aliphatic carbocycles. The second-order valence-corrected chi connectivity index (χ2v) is 8.47. The van der Waals surface area contributed by atoms with Crippen LogP contribution in [0.2, 0.25) is 0 Å². The SMILES string of the molecule is COc1ccc(CCNC(=O)CC(c2ccccc2)(c2ccccc2)c2ccccc2)cc1OC. The van der Waals surface area contributed by atoms with Crippen molar-refractivity contribution in [3.63, 3.8) is 0 Å². The molecule has 0 saturated heterocycles. The van der Waals surface area contributed by atoms with Gasteiger partial charge in [-0.15, -0.1) is 0 Å². The Morgan fingerprint density at radius 2 is 1.17 bits per heavy atom. The molecule has 0 fully saturated rings.